The molecule has 0 radical (unpaired) electrons. The van der Waals surface area contributed by atoms with Gasteiger partial charge in [0.15, 0.2) is 0 Å². The number of benzene rings is 1. The maximum atomic E-state index is 13.3. The molecule has 2 rings (SSSR count). The van der Waals surface area contributed by atoms with E-state index in [0.29, 0.717) is 36.1 Å². The molecule has 1 aromatic rings. The molecule has 0 atom stereocenters. The molecule has 1 aliphatic carbocycles. The van der Waals surface area contributed by atoms with E-state index < -0.39 is 0 Å². The Balaban J connectivity index is 2.44. The summed E-state index contributed by atoms with van der Waals surface area (Å²) in [5, 5.41) is 14.1. The van der Waals surface area contributed by atoms with Crippen molar-refractivity contribution in [1.29, 1.82) is 0 Å². The van der Waals surface area contributed by atoms with Crippen LogP contribution in [0.2, 0.25) is 0 Å². The fraction of sp³-hybridized carbons (Fsp3) is 0.690. The molecule has 0 heterocycles. The Labute approximate surface area is 222 Å². The first-order valence-corrected chi connectivity index (χ1v) is 13.2. The molecule has 0 bridgehead atoms. The van der Waals surface area contributed by atoms with Crippen LogP contribution in [0.1, 0.15) is 88.0 Å². The highest BCUT2D eigenvalue weighted by Crippen LogP contribution is 2.40. The molecule has 1 aliphatic rings. The standard InChI is InChI=1S/C29H45N5O3/c1-27(2,3)17-33(30-19-35)24-14-23(15-25(16-24)34(31-20-36)18-28(4,5)6)32-26(37)21-10-12-22(13-11-21)29(7,8)9/h14-16,21-22H,10-13,17-18H2,1-9H3,(H,32,37). The SMILES string of the molecule is CC(C)(C)CN(N=C=O)c1cc(NC(=O)C2CCC(C(C)(C)C)CC2)cc(N(CC(C)(C)C)N=C=O)c1. The largest absolute Gasteiger partial charge is 0.326 e. The fourth-order valence-electron chi connectivity index (χ4n) is 4.80. The average Bonchev–Trinajstić information content (AvgIpc) is 2.76. The first-order valence-electron chi connectivity index (χ1n) is 13.2. The Morgan fingerprint density at radius 1 is 0.811 bits per heavy atom. The summed E-state index contributed by atoms with van der Waals surface area (Å²) in [7, 11) is 0. The van der Waals surface area contributed by atoms with Crippen molar-refractivity contribution < 1.29 is 14.4 Å². The van der Waals surface area contributed by atoms with Crippen molar-refractivity contribution in [2.75, 3.05) is 28.4 Å². The van der Waals surface area contributed by atoms with E-state index in [2.05, 4.69) is 36.3 Å². The van der Waals surface area contributed by atoms with Crippen molar-refractivity contribution in [3.05, 3.63) is 18.2 Å². The lowest BCUT2D eigenvalue weighted by molar-refractivity contribution is -0.121. The molecule has 1 amide bonds. The number of nitrogens with one attached hydrogen (secondary N) is 1. The second kappa shape index (κ2) is 12.1. The van der Waals surface area contributed by atoms with Crippen LogP contribution in [0.3, 0.4) is 0 Å². The van der Waals surface area contributed by atoms with Gasteiger partial charge in [0.25, 0.3) is 12.2 Å². The van der Waals surface area contributed by atoms with Gasteiger partial charge in [0, 0.05) is 24.7 Å². The topological polar surface area (TPSA) is 94.4 Å². The normalized spacial score (nSPS) is 18.3. The van der Waals surface area contributed by atoms with E-state index >= 15 is 0 Å². The number of hydrogen-bond donors (Lipinski definition) is 1. The van der Waals surface area contributed by atoms with E-state index in [1.54, 1.807) is 34.3 Å². The number of anilines is 3. The van der Waals surface area contributed by atoms with Gasteiger partial charge in [0.1, 0.15) is 0 Å². The number of isocyanates is 2. The molecule has 0 unspecified atom stereocenters. The highest BCUT2D eigenvalue weighted by atomic mass is 16.2. The van der Waals surface area contributed by atoms with Crippen LogP contribution in [0, 0.1) is 28.1 Å². The molecule has 1 saturated carbocycles. The van der Waals surface area contributed by atoms with Crippen LogP contribution in [-0.2, 0) is 14.4 Å². The predicted octanol–water partition coefficient (Wildman–Crippen LogP) is 6.68. The Bertz CT molecular complexity index is 971. The predicted molar refractivity (Wildman–Crippen MR) is 150 cm³/mol. The summed E-state index contributed by atoms with van der Waals surface area (Å²) >= 11 is 0. The van der Waals surface area contributed by atoms with Gasteiger partial charge in [-0.05, 0) is 66.0 Å². The third kappa shape index (κ3) is 9.79. The van der Waals surface area contributed by atoms with Crippen LogP contribution in [0.25, 0.3) is 0 Å². The molecule has 0 spiro atoms. The van der Waals surface area contributed by atoms with Gasteiger partial charge < -0.3 is 5.32 Å². The number of carbonyl (C=O) groups is 1. The first kappa shape index (κ1) is 30.3. The summed E-state index contributed by atoms with van der Waals surface area (Å²) in [5.74, 6) is 0.548. The van der Waals surface area contributed by atoms with E-state index in [1.165, 1.54) is 0 Å². The third-order valence-corrected chi connectivity index (χ3v) is 6.66. The van der Waals surface area contributed by atoms with E-state index in [-0.39, 0.29) is 28.1 Å². The minimum Gasteiger partial charge on any atom is -0.326 e. The minimum atomic E-state index is -0.169. The molecule has 204 valence electrons. The second-order valence-electron chi connectivity index (χ2n) is 13.8. The maximum Gasteiger partial charge on any atom is 0.258 e. The maximum absolute atomic E-state index is 13.3. The van der Waals surface area contributed by atoms with Gasteiger partial charge in [-0.3, -0.25) is 14.8 Å². The Hall–Kier alpha value is -2.95. The summed E-state index contributed by atoms with van der Waals surface area (Å²) in [6, 6.07) is 5.41. The van der Waals surface area contributed by atoms with Crippen molar-refractivity contribution in [2.24, 2.45) is 38.3 Å². The highest BCUT2D eigenvalue weighted by Gasteiger charge is 2.32. The molecule has 0 aliphatic heterocycles. The zero-order chi connectivity index (χ0) is 28.0. The number of hydrogen-bond acceptors (Lipinski definition) is 7. The van der Waals surface area contributed by atoms with Gasteiger partial charge in [-0.2, -0.15) is 0 Å². The second-order valence-corrected chi connectivity index (χ2v) is 13.8. The zero-order valence-corrected chi connectivity index (χ0v) is 24.1. The zero-order valence-electron chi connectivity index (χ0n) is 24.1. The first-order chi connectivity index (χ1) is 17.0. The van der Waals surface area contributed by atoms with Crippen molar-refractivity contribution >= 4 is 35.1 Å². The molecule has 1 aromatic carbocycles. The van der Waals surface area contributed by atoms with Crippen LogP contribution in [0.4, 0.5) is 17.1 Å². The van der Waals surface area contributed by atoms with Crippen molar-refractivity contribution in [3.8, 4) is 0 Å². The molecule has 8 heteroatoms. The van der Waals surface area contributed by atoms with E-state index in [4.69, 9.17) is 0 Å². The highest BCUT2D eigenvalue weighted by molar-refractivity contribution is 5.94. The number of nitrogens with zero attached hydrogens (tertiary/aromatic N) is 4. The Kier molecular flexibility index (Phi) is 9.87. The van der Waals surface area contributed by atoms with Crippen LogP contribution in [0.15, 0.2) is 28.4 Å². The number of hydrazone groups is 2. The monoisotopic (exact) mass is 511 g/mol. The lowest BCUT2D eigenvalue weighted by atomic mass is 9.69. The van der Waals surface area contributed by atoms with Crippen LogP contribution >= 0.6 is 0 Å². The van der Waals surface area contributed by atoms with E-state index in [1.807, 2.05) is 47.6 Å². The molecule has 0 saturated heterocycles. The quantitative estimate of drug-likeness (QED) is 0.238. The Morgan fingerprint density at radius 2 is 1.24 bits per heavy atom. The molecular formula is C29H45N5O3. The average molecular weight is 512 g/mol. The molecule has 37 heavy (non-hydrogen) atoms. The van der Waals surface area contributed by atoms with Gasteiger partial charge in [0.2, 0.25) is 5.91 Å². The van der Waals surface area contributed by atoms with Gasteiger partial charge >= 0.3 is 0 Å². The minimum absolute atomic E-state index is 0.0158. The number of carbonyl (C=O) groups excluding carboxylic acids is 3. The summed E-state index contributed by atoms with van der Waals surface area (Å²) in [5.41, 5.74) is 1.67. The smallest absolute Gasteiger partial charge is 0.258 e. The Morgan fingerprint density at radius 3 is 1.59 bits per heavy atom. The third-order valence-electron chi connectivity index (χ3n) is 6.66. The van der Waals surface area contributed by atoms with Gasteiger partial charge in [0.05, 0.1) is 11.4 Å². The van der Waals surface area contributed by atoms with Crippen LogP contribution in [0.5, 0.6) is 0 Å². The summed E-state index contributed by atoms with van der Waals surface area (Å²) in [6.07, 6.45) is 7.07. The summed E-state index contributed by atoms with van der Waals surface area (Å²) in [6.45, 7) is 20.0. The van der Waals surface area contributed by atoms with E-state index in [0.717, 1.165) is 25.7 Å². The molecule has 8 nitrogen and oxygen atoms in total. The van der Waals surface area contributed by atoms with Crippen molar-refractivity contribution in [3.63, 3.8) is 0 Å². The molecule has 1 N–H and O–H groups in total. The molecular weight excluding hydrogens is 466 g/mol. The van der Waals surface area contributed by atoms with Crippen molar-refractivity contribution in [1.82, 2.24) is 0 Å². The van der Waals surface area contributed by atoms with E-state index in [9.17, 15) is 14.4 Å². The van der Waals surface area contributed by atoms with Gasteiger partial charge in [-0.15, -0.1) is 0 Å². The van der Waals surface area contributed by atoms with Gasteiger partial charge in [-0.1, -0.05) is 72.5 Å². The molecule has 0 aromatic heterocycles. The van der Waals surface area contributed by atoms with Crippen LogP contribution < -0.4 is 15.3 Å². The molecule has 1 fully saturated rings. The summed E-state index contributed by atoms with van der Waals surface area (Å²) in [4.78, 5) is 35.8. The van der Waals surface area contributed by atoms with Crippen molar-refractivity contribution in [2.45, 2.75) is 88.0 Å². The lowest BCUT2D eigenvalue weighted by Gasteiger charge is -2.36. The number of amides is 1. The lowest BCUT2D eigenvalue weighted by Crippen LogP contribution is -2.32. The summed E-state index contributed by atoms with van der Waals surface area (Å²) < 4.78 is 0. The van der Waals surface area contributed by atoms with Gasteiger partial charge in [-0.25, -0.2) is 9.59 Å². The fourth-order valence-corrected chi connectivity index (χ4v) is 4.80. The number of rotatable bonds is 8. The van der Waals surface area contributed by atoms with Crippen LogP contribution in [-0.4, -0.2) is 31.2 Å².